The van der Waals surface area contributed by atoms with Crippen LogP contribution in [0.1, 0.15) is 24.6 Å². The van der Waals surface area contributed by atoms with Crippen LogP contribution < -0.4 is 5.32 Å². The maximum absolute atomic E-state index is 6.06. The van der Waals surface area contributed by atoms with E-state index in [1.165, 1.54) is 0 Å². The van der Waals surface area contributed by atoms with E-state index in [0.717, 1.165) is 48.3 Å². The summed E-state index contributed by atoms with van der Waals surface area (Å²) in [5.74, 6) is 0.443. The quantitative estimate of drug-likeness (QED) is 0.798. The van der Waals surface area contributed by atoms with E-state index in [2.05, 4.69) is 45.7 Å². The highest BCUT2D eigenvalue weighted by molar-refractivity contribution is 5.82. The van der Waals surface area contributed by atoms with Crippen LogP contribution in [0.2, 0.25) is 0 Å². The molecular weight excluding hydrogens is 300 g/mol. The van der Waals surface area contributed by atoms with Crippen LogP contribution >= 0.6 is 0 Å². The minimum Gasteiger partial charge on any atom is -0.385 e. The summed E-state index contributed by atoms with van der Waals surface area (Å²) in [5, 5.41) is 9.03. The first kappa shape index (κ1) is 15.1. The zero-order chi connectivity index (χ0) is 16.4. The summed E-state index contributed by atoms with van der Waals surface area (Å²) < 4.78 is 7.98. The Hall–Kier alpha value is -2.40. The summed E-state index contributed by atoms with van der Waals surface area (Å²) in [5.41, 5.74) is 3.31. The second kappa shape index (κ2) is 6.61. The molecule has 0 spiro atoms. The third-order valence-corrected chi connectivity index (χ3v) is 4.77. The number of anilines is 1. The number of nitrogens with zero attached hydrogens (tertiary/aromatic N) is 3. The Kier molecular flexibility index (Phi) is 4.17. The first-order valence-corrected chi connectivity index (χ1v) is 8.49. The molecule has 0 amide bonds. The smallest absolute Gasteiger partial charge is 0.104 e. The molecule has 3 aromatic rings. The zero-order valence-electron chi connectivity index (χ0n) is 13.9. The molecule has 1 aliphatic heterocycles. The number of rotatable bonds is 4. The number of ether oxygens (including phenoxy) is 1. The topological polar surface area (TPSA) is 52.0 Å². The van der Waals surface area contributed by atoms with Crippen LogP contribution in [0.15, 0.2) is 48.8 Å². The van der Waals surface area contributed by atoms with Gasteiger partial charge in [0.25, 0.3) is 0 Å². The molecule has 0 bridgehead atoms. The number of fused-ring (bicyclic) bond motifs is 1. The lowest BCUT2D eigenvalue weighted by molar-refractivity contribution is -0.0284. The maximum atomic E-state index is 6.06. The zero-order valence-corrected chi connectivity index (χ0v) is 13.9. The highest BCUT2D eigenvalue weighted by Gasteiger charge is 2.29. The molecule has 0 saturated carbocycles. The minimum atomic E-state index is 0.112. The molecule has 1 fully saturated rings. The summed E-state index contributed by atoms with van der Waals surface area (Å²) in [6.45, 7) is 1.72. The number of pyridine rings is 1. The first-order valence-electron chi connectivity index (χ1n) is 8.49. The highest BCUT2D eigenvalue weighted by Crippen LogP contribution is 2.33. The molecule has 3 heterocycles. The number of hydrogen-bond acceptors (Lipinski definition) is 4. The van der Waals surface area contributed by atoms with Crippen LogP contribution in [0.4, 0.5) is 5.69 Å². The Labute approximate surface area is 141 Å². The highest BCUT2D eigenvalue weighted by atomic mass is 16.5. The summed E-state index contributed by atoms with van der Waals surface area (Å²) >= 11 is 0. The molecule has 2 atom stereocenters. The number of aryl methyl sites for hydroxylation is 1. The molecule has 0 aliphatic carbocycles. The fraction of sp³-hybridized carbons (Fsp3) is 0.368. The molecule has 1 aromatic carbocycles. The van der Waals surface area contributed by atoms with E-state index in [1.54, 1.807) is 0 Å². The monoisotopic (exact) mass is 322 g/mol. The van der Waals surface area contributed by atoms with E-state index in [9.17, 15) is 0 Å². The molecule has 1 saturated heterocycles. The summed E-state index contributed by atoms with van der Waals surface area (Å²) in [7, 11) is 1.98. The SMILES string of the molecule is Cn1nccc1[C@@H]1OCCC[C@H]1CNc1ccc2ncccc2c1. The van der Waals surface area contributed by atoms with Gasteiger partial charge in [-0.25, -0.2) is 0 Å². The predicted molar refractivity (Wildman–Crippen MR) is 94.9 cm³/mol. The molecule has 1 aliphatic rings. The first-order chi connectivity index (χ1) is 11.8. The van der Waals surface area contributed by atoms with Gasteiger partial charge in [-0.15, -0.1) is 0 Å². The van der Waals surface area contributed by atoms with Gasteiger partial charge in [0, 0.05) is 49.6 Å². The second-order valence-corrected chi connectivity index (χ2v) is 6.37. The summed E-state index contributed by atoms with van der Waals surface area (Å²) in [6.07, 6.45) is 6.06. The van der Waals surface area contributed by atoms with Gasteiger partial charge in [-0.05, 0) is 43.2 Å². The Morgan fingerprint density at radius 1 is 1.25 bits per heavy atom. The van der Waals surface area contributed by atoms with E-state index in [-0.39, 0.29) is 6.10 Å². The van der Waals surface area contributed by atoms with Crippen molar-refractivity contribution >= 4 is 16.6 Å². The Bertz CT molecular complexity index is 829. The van der Waals surface area contributed by atoms with Crippen LogP contribution in [0.3, 0.4) is 0 Å². The predicted octanol–water partition coefficient (Wildman–Crippen LogP) is 3.55. The fourth-order valence-corrected chi connectivity index (χ4v) is 3.48. The van der Waals surface area contributed by atoms with Gasteiger partial charge in [-0.1, -0.05) is 6.07 Å². The van der Waals surface area contributed by atoms with Crippen molar-refractivity contribution < 1.29 is 4.74 Å². The molecule has 5 heteroatoms. The Morgan fingerprint density at radius 2 is 2.21 bits per heavy atom. The summed E-state index contributed by atoms with van der Waals surface area (Å²) in [6, 6.07) is 12.4. The van der Waals surface area contributed by atoms with Crippen molar-refractivity contribution in [2.45, 2.75) is 18.9 Å². The van der Waals surface area contributed by atoms with Crippen molar-refractivity contribution in [3.63, 3.8) is 0 Å². The summed E-state index contributed by atoms with van der Waals surface area (Å²) in [4.78, 5) is 4.37. The number of aromatic nitrogens is 3. The average molecular weight is 322 g/mol. The van der Waals surface area contributed by atoms with Gasteiger partial charge in [0.2, 0.25) is 0 Å². The lowest BCUT2D eigenvalue weighted by Gasteiger charge is -2.32. The molecule has 0 unspecified atom stereocenters. The van der Waals surface area contributed by atoms with Crippen molar-refractivity contribution in [1.29, 1.82) is 0 Å². The van der Waals surface area contributed by atoms with Crippen molar-refractivity contribution in [2.75, 3.05) is 18.5 Å². The third-order valence-electron chi connectivity index (χ3n) is 4.77. The van der Waals surface area contributed by atoms with Crippen molar-refractivity contribution in [3.05, 3.63) is 54.5 Å². The van der Waals surface area contributed by atoms with Crippen LogP contribution in [0, 0.1) is 5.92 Å². The van der Waals surface area contributed by atoms with Gasteiger partial charge >= 0.3 is 0 Å². The van der Waals surface area contributed by atoms with Gasteiger partial charge in [0.15, 0.2) is 0 Å². The van der Waals surface area contributed by atoms with Crippen LogP contribution in [-0.4, -0.2) is 27.9 Å². The normalized spacial score (nSPS) is 21.0. The van der Waals surface area contributed by atoms with Gasteiger partial charge < -0.3 is 10.1 Å². The molecule has 0 radical (unpaired) electrons. The van der Waals surface area contributed by atoms with Gasteiger partial charge in [0.1, 0.15) is 6.10 Å². The van der Waals surface area contributed by atoms with Crippen LogP contribution in [0.5, 0.6) is 0 Å². The fourth-order valence-electron chi connectivity index (χ4n) is 3.48. The van der Waals surface area contributed by atoms with E-state index in [0.29, 0.717) is 5.92 Å². The average Bonchev–Trinajstić information content (AvgIpc) is 3.06. The maximum Gasteiger partial charge on any atom is 0.104 e. The number of benzene rings is 1. The third kappa shape index (κ3) is 2.99. The van der Waals surface area contributed by atoms with Crippen molar-refractivity contribution in [2.24, 2.45) is 13.0 Å². The second-order valence-electron chi connectivity index (χ2n) is 6.37. The van der Waals surface area contributed by atoms with Crippen LogP contribution in [0.25, 0.3) is 10.9 Å². The molecule has 1 N–H and O–H groups in total. The standard InChI is InChI=1S/C19H22N4O/c1-23-18(8-10-22-23)19-15(5-3-11-24-19)13-21-16-6-7-17-14(12-16)4-2-9-20-17/h2,4,6-10,12,15,19,21H,3,5,11,13H2,1H3/t15-,19+/m0/s1. The largest absolute Gasteiger partial charge is 0.385 e. The number of nitrogens with one attached hydrogen (secondary N) is 1. The van der Waals surface area contributed by atoms with E-state index in [1.807, 2.05) is 30.2 Å². The Balaban J connectivity index is 1.49. The van der Waals surface area contributed by atoms with Gasteiger partial charge in [-0.2, -0.15) is 5.10 Å². The molecule has 5 nitrogen and oxygen atoms in total. The van der Waals surface area contributed by atoms with Crippen molar-refractivity contribution in [1.82, 2.24) is 14.8 Å². The molecule has 124 valence electrons. The lowest BCUT2D eigenvalue weighted by atomic mass is 9.92. The van der Waals surface area contributed by atoms with E-state index < -0.39 is 0 Å². The molecule has 24 heavy (non-hydrogen) atoms. The molecular formula is C19H22N4O. The Morgan fingerprint density at radius 3 is 3.08 bits per heavy atom. The minimum absolute atomic E-state index is 0.112. The number of hydrogen-bond donors (Lipinski definition) is 1. The lowest BCUT2D eigenvalue weighted by Crippen LogP contribution is -2.29. The van der Waals surface area contributed by atoms with Gasteiger partial charge in [0.05, 0.1) is 11.2 Å². The van der Waals surface area contributed by atoms with Crippen LogP contribution in [-0.2, 0) is 11.8 Å². The van der Waals surface area contributed by atoms with E-state index in [4.69, 9.17) is 4.74 Å². The van der Waals surface area contributed by atoms with E-state index >= 15 is 0 Å². The van der Waals surface area contributed by atoms with Crippen molar-refractivity contribution in [3.8, 4) is 0 Å². The molecule has 2 aromatic heterocycles. The molecule has 4 rings (SSSR count). The van der Waals surface area contributed by atoms with Gasteiger partial charge in [-0.3, -0.25) is 9.67 Å².